The molecule has 190 valence electrons. The van der Waals surface area contributed by atoms with E-state index in [9.17, 15) is 9.90 Å². The Bertz CT molecular complexity index is 1660. The van der Waals surface area contributed by atoms with Gasteiger partial charge in [0.05, 0.1) is 33.9 Å². The number of rotatable bonds is 7. The van der Waals surface area contributed by atoms with Crippen LogP contribution >= 0.6 is 0 Å². The SMILES string of the molecule is Cc1noc(C)c1-c1cnc2c(-c3ccc(C4(C(=O)O)CC4)cc3)cn([C@H](c3ccccn3)C3CC3)c2c1. The van der Waals surface area contributed by atoms with E-state index in [-0.39, 0.29) is 6.04 Å². The first-order valence-corrected chi connectivity index (χ1v) is 13.2. The van der Waals surface area contributed by atoms with E-state index in [1.807, 2.05) is 62.6 Å². The van der Waals surface area contributed by atoms with Crippen molar-refractivity contribution in [2.75, 3.05) is 0 Å². The number of carboxylic acid groups (broad SMARTS) is 1. The first kappa shape index (κ1) is 22.9. The number of benzene rings is 1. The van der Waals surface area contributed by atoms with Gasteiger partial charge in [-0.1, -0.05) is 35.5 Å². The Morgan fingerprint density at radius 1 is 1.08 bits per heavy atom. The summed E-state index contributed by atoms with van der Waals surface area (Å²) in [5, 5.41) is 13.9. The first-order valence-electron chi connectivity index (χ1n) is 13.2. The van der Waals surface area contributed by atoms with Crippen molar-refractivity contribution < 1.29 is 14.4 Å². The zero-order valence-electron chi connectivity index (χ0n) is 21.4. The molecule has 0 unspecified atom stereocenters. The number of hydrogen-bond acceptors (Lipinski definition) is 5. The Hall–Kier alpha value is -4.26. The summed E-state index contributed by atoms with van der Waals surface area (Å²) in [6.45, 7) is 3.88. The molecule has 1 N–H and O–H groups in total. The molecule has 0 bridgehead atoms. The number of pyridine rings is 2. The Labute approximate surface area is 220 Å². The van der Waals surface area contributed by atoms with Crippen LogP contribution in [0.3, 0.4) is 0 Å². The summed E-state index contributed by atoms with van der Waals surface area (Å²) in [4.78, 5) is 21.6. The van der Waals surface area contributed by atoms with Crippen LogP contribution in [0.2, 0.25) is 0 Å². The standard InChI is InChI=1S/C31H28N4O3/c1-18-27(19(2)38-34-18)22-15-26-28(33-16-22)24(20-8-10-23(11-9-20)31(12-13-31)30(36)37)17-35(26)29(21-6-7-21)25-5-3-4-14-32-25/h3-5,8-11,14-17,21,29H,6-7,12-13H2,1-2H3,(H,36,37)/t29-/m0/s1. The Kier molecular flexibility index (Phi) is 5.05. The van der Waals surface area contributed by atoms with E-state index < -0.39 is 11.4 Å². The smallest absolute Gasteiger partial charge is 0.314 e. The molecular weight excluding hydrogens is 476 g/mol. The predicted molar refractivity (Wildman–Crippen MR) is 144 cm³/mol. The van der Waals surface area contributed by atoms with Crippen LogP contribution in [0.25, 0.3) is 33.3 Å². The number of aromatic nitrogens is 4. The monoisotopic (exact) mass is 504 g/mol. The van der Waals surface area contributed by atoms with E-state index in [0.29, 0.717) is 18.8 Å². The average molecular weight is 505 g/mol. The maximum Gasteiger partial charge on any atom is 0.314 e. The second-order valence-electron chi connectivity index (χ2n) is 10.7. The van der Waals surface area contributed by atoms with E-state index in [2.05, 4.69) is 28.1 Å². The summed E-state index contributed by atoms with van der Waals surface area (Å²) >= 11 is 0. The summed E-state index contributed by atoms with van der Waals surface area (Å²) in [5.74, 6) is 0.551. The molecule has 2 fully saturated rings. The topological polar surface area (TPSA) is 94.0 Å². The highest BCUT2D eigenvalue weighted by atomic mass is 16.5. The molecule has 2 aliphatic carbocycles. The zero-order valence-corrected chi connectivity index (χ0v) is 21.4. The number of nitrogens with zero attached hydrogens (tertiary/aromatic N) is 4. The van der Waals surface area contributed by atoms with Crippen molar-refractivity contribution in [2.45, 2.75) is 51.0 Å². The highest BCUT2D eigenvalue weighted by Gasteiger charge is 2.51. The van der Waals surface area contributed by atoms with Crippen LogP contribution in [0.15, 0.2) is 71.6 Å². The van der Waals surface area contributed by atoms with Crippen molar-refractivity contribution >= 4 is 17.0 Å². The normalized spacial score (nSPS) is 17.0. The fourth-order valence-corrected chi connectivity index (χ4v) is 5.89. The van der Waals surface area contributed by atoms with Crippen molar-refractivity contribution in [3.05, 3.63) is 89.8 Å². The van der Waals surface area contributed by atoms with Crippen molar-refractivity contribution in [1.29, 1.82) is 0 Å². The van der Waals surface area contributed by atoms with Crippen LogP contribution in [0.4, 0.5) is 0 Å². The number of hydrogen-bond donors (Lipinski definition) is 1. The molecule has 1 atom stereocenters. The van der Waals surface area contributed by atoms with Gasteiger partial charge >= 0.3 is 5.97 Å². The Morgan fingerprint density at radius 2 is 1.87 bits per heavy atom. The van der Waals surface area contributed by atoms with Crippen LogP contribution in [0, 0.1) is 19.8 Å². The molecule has 7 rings (SSSR count). The lowest BCUT2D eigenvalue weighted by molar-refractivity contribution is -0.140. The van der Waals surface area contributed by atoms with E-state index in [1.165, 1.54) is 12.8 Å². The van der Waals surface area contributed by atoms with Crippen LogP contribution in [0.5, 0.6) is 0 Å². The van der Waals surface area contributed by atoms with E-state index >= 15 is 0 Å². The summed E-state index contributed by atoms with van der Waals surface area (Å²) < 4.78 is 7.80. The van der Waals surface area contributed by atoms with Crippen molar-refractivity contribution in [3.8, 4) is 22.3 Å². The molecule has 4 heterocycles. The van der Waals surface area contributed by atoms with Gasteiger partial charge in [-0.3, -0.25) is 14.8 Å². The molecule has 0 amide bonds. The lowest BCUT2D eigenvalue weighted by atomic mass is 9.94. The second-order valence-corrected chi connectivity index (χ2v) is 10.7. The highest BCUT2D eigenvalue weighted by Crippen LogP contribution is 2.49. The fourth-order valence-electron chi connectivity index (χ4n) is 5.89. The third kappa shape index (κ3) is 3.56. The molecule has 5 aromatic rings. The van der Waals surface area contributed by atoms with Gasteiger partial charge < -0.3 is 14.2 Å². The Morgan fingerprint density at radius 3 is 2.47 bits per heavy atom. The molecule has 7 heteroatoms. The van der Waals surface area contributed by atoms with Gasteiger partial charge in [0.1, 0.15) is 5.76 Å². The summed E-state index contributed by atoms with van der Waals surface area (Å²) in [6.07, 6.45) is 9.68. The van der Waals surface area contributed by atoms with Crippen LogP contribution in [-0.2, 0) is 10.2 Å². The summed E-state index contributed by atoms with van der Waals surface area (Å²) in [5.41, 5.74) is 7.99. The second kappa shape index (κ2) is 8.38. The quantitative estimate of drug-likeness (QED) is 0.272. The van der Waals surface area contributed by atoms with Crippen molar-refractivity contribution in [1.82, 2.24) is 19.7 Å². The molecule has 2 saturated carbocycles. The van der Waals surface area contributed by atoms with Gasteiger partial charge in [-0.05, 0) is 74.8 Å². The van der Waals surface area contributed by atoms with Gasteiger partial charge in [0.15, 0.2) is 0 Å². The molecule has 4 aromatic heterocycles. The molecule has 0 saturated heterocycles. The van der Waals surface area contributed by atoms with Gasteiger partial charge in [-0.25, -0.2) is 0 Å². The maximum atomic E-state index is 11.8. The highest BCUT2D eigenvalue weighted by molar-refractivity contribution is 5.95. The number of carboxylic acids is 1. The van der Waals surface area contributed by atoms with Crippen LogP contribution < -0.4 is 0 Å². The van der Waals surface area contributed by atoms with Crippen molar-refractivity contribution in [3.63, 3.8) is 0 Å². The number of carbonyl (C=O) groups is 1. The fraction of sp³-hybridized carbons (Fsp3) is 0.290. The van der Waals surface area contributed by atoms with E-state index in [0.717, 1.165) is 56.0 Å². The lowest BCUT2D eigenvalue weighted by Crippen LogP contribution is -2.19. The Balaban J connectivity index is 1.41. The van der Waals surface area contributed by atoms with Gasteiger partial charge in [0.2, 0.25) is 0 Å². The summed E-state index contributed by atoms with van der Waals surface area (Å²) in [7, 11) is 0. The molecule has 2 aliphatic rings. The number of aliphatic carboxylic acids is 1. The molecule has 0 spiro atoms. The lowest BCUT2D eigenvalue weighted by Gasteiger charge is -2.19. The van der Waals surface area contributed by atoms with E-state index in [4.69, 9.17) is 14.5 Å². The molecule has 38 heavy (non-hydrogen) atoms. The molecule has 1 aromatic carbocycles. The van der Waals surface area contributed by atoms with Crippen LogP contribution in [0.1, 0.15) is 54.4 Å². The third-order valence-corrected chi connectivity index (χ3v) is 8.26. The molecule has 0 aliphatic heterocycles. The average Bonchev–Trinajstić information content (AvgIpc) is 3.86. The first-order chi connectivity index (χ1) is 18.5. The molecular formula is C31H28N4O3. The minimum absolute atomic E-state index is 0.107. The minimum atomic E-state index is -0.738. The largest absolute Gasteiger partial charge is 0.481 e. The maximum absolute atomic E-state index is 11.8. The van der Waals surface area contributed by atoms with Gasteiger partial charge in [-0.2, -0.15) is 0 Å². The van der Waals surface area contributed by atoms with Gasteiger partial charge in [0.25, 0.3) is 0 Å². The van der Waals surface area contributed by atoms with Gasteiger partial charge in [-0.15, -0.1) is 0 Å². The van der Waals surface area contributed by atoms with Crippen LogP contribution in [-0.4, -0.2) is 30.8 Å². The summed E-state index contributed by atoms with van der Waals surface area (Å²) in [6, 6.07) is 16.4. The zero-order chi connectivity index (χ0) is 26.0. The molecule has 7 nitrogen and oxygen atoms in total. The predicted octanol–water partition coefficient (Wildman–Crippen LogP) is 6.49. The van der Waals surface area contributed by atoms with E-state index in [1.54, 1.807) is 0 Å². The number of aryl methyl sites for hydroxylation is 2. The van der Waals surface area contributed by atoms with Gasteiger partial charge in [0, 0.05) is 35.3 Å². The van der Waals surface area contributed by atoms with Crippen molar-refractivity contribution in [2.24, 2.45) is 5.92 Å². The minimum Gasteiger partial charge on any atom is -0.481 e. The third-order valence-electron chi connectivity index (χ3n) is 8.26. The molecule has 0 radical (unpaired) electrons. The number of fused-ring (bicyclic) bond motifs is 1.